The Morgan fingerprint density at radius 2 is 2.04 bits per heavy atom. The van der Waals surface area contributed by atoms with Crippen LogP contribution in [0, 0.1) is 5.92 Å². The number of hydrogen-bond donors (Lipinski definition) is 2. The molecule has 0 aromatic rings. The minimum absolute atomic E-state index is 0. The van der Waals surface area contributed by atoms with E-state index in [9.17, 15) is 4.79 Å². The van der Waals surface area contributed by atoms with E-state index in [1.165, 1.54) is 11.5 Å². The summed E-state index contributed by atoms with van der Waals surface area (Å²) in [5.41, 5.74) is 0.0328. The van der Waals surface area contributed by atoms with E-state index in [0.29, 0.717) is 12.0 Å². The number of thioether (sulfide) groups is 1. The maximum atomic E-state index is 12.0. The number of likely N-dealkylation sites (N-methyl/N-ethyl adjacent to an activating group) is 1. The van der Waals surface area contributed by atoms with Gasteiger partial charge in [0.15, 0.2) is 5.96 Å². The molecule has 1 spiro atoms. The maximum Gasteiger partial charge on any atom is 0.243 e. The molecule has 3 fully saturated rings. The summed E-state index contributed by atoms with van der Waals surface area (Å²) in [5, 5.41) is 7.02. The second-order valence-corrected chi connectivity index (χ2v) is 9.27. The van der Waals surface area contributed by atoms with Crippen LogP contribution in [0.1, 0.15) is 32.1 Å². The van der Waals surface area contributed by atoms with Crippen LogP contribution >= 0.6 is 35.7 Å². The lowest BCUT2D eigenvalue weighted by Crippen LogP contribution is -2.53. The fraction of sp³-hybridized carbons (Fsp3) is 0.895. The second-order valence-electron chi connectivity index (χ2n) is 8.04. The van der Waals surface area contributed by atoms with Gasteiger partial charge in [-0.1, -0.05) is 0 Å². The third-order valence-corrected chi connectivity index (χ3v) is 6.68. The van der Waals surface area contributed by atoms with E-state index in [1.807, 2.05) is 11.8 Å². The molecule has 3 saturated heterocycles. The molecule has 28 heavy (non-hydrogen) atoms. The van der Waals surface area contributed by atoms with Crippen molar-refractivity contribution >= 4 is 47.6 Å². The molecule has 162 valence electrons. The average molecular weight is 526 g/mol. The van der Waals surface area contributed by atoms with Gasteiger partial charge in [0.1, 0.15) is 6.54 Å². The highest BCUT2D eigenvalue weighted by Crippen LogP contribution is 2.37. The number of carbonyl (C=O) groups is 1. The van der Waals surface area contributed by atoms with Crippen molar-refractivity contribution in [1.82, 2.24) is 15.5 Å². The third-order valence-electron chi connectivity index (χ3n) is 5.69. The Balaban J connectivity index is 0.00000280. The van der Waals surface area contributed by atoms with E-state index in [-0.39, 0.29) is 42.0 Å². The summed E-state index contributed by atoms with van der Waals surface area (Å²) in [6, 6.07) is 0.336. The van der Waals surface area contributed by atoms with E-state index >= 15 is 0 Å². The lowest BCUT2D eigenvalue weighted by molar-refractivity contribution is -0.127. The molecule has 3 rings (SSSR count). The van der Waals surface area contributed by atoms with E-state index in [0.717, 1.165) is 64.4 Å². The van der Waals surface area contributed by atoms with Gasteiger partial charge in [-0.15, -0.1) is 24.0 Å². The zero-order chi connectivity index (χ0) is 19.1. The summed E-state index contributed by atoms with van der Waals surface area (Å²) < 4.78 is 11.7. The van der Waals surface area contributed by atoms with Crippen molar-refractivity contribution in [1.29, 1.82) is 0 Å². The molecule has 0 aromatic carbocycles. The molecule has 9 heteroatoms. The van der Waals surface area contributed by atoms with Crippen LogP contribution < -0.4 is 10.6 Å². The van der Waals surface area contributed by atoms with Gasteiger partial charge in [0.05, 0.1) is 12.2 Å². The van der Waals surface area contributed by atoms with Crippen LogP contribution in [0.2, 0.25) is 0 Å². The highest BCUT2D eigenvalue weighted by molar-refractivity contribution is 14.0. The van der Waals surface area contributed by atoms with E-state index in [2.05, 4.69) is 15.6 Å². The van der Waals surface area contributed by atoms with Gasteiger partial charge < -0.3 is 25.0 Å². The van der Waals surface area contributed by atoms with Crippen molar-refractivity contribution in [3.05, 3.63) is 0 Å². The largest absolute Gasteiger partial charge is 0.381 e. The lowest BCUT2D eigenvalue weighted by atomic mass is 9.85. The van der Waals surface area contributed by atoms with Crippen LogP contribution in [0.5, 0.6) is 0 Å². The maximum absolute atomic E-state index is 12.0. The topological polar surface area (TPSA) is 75.2 Å². The number of nitrogens with zero attached hydrogens (tertiary/aromatic N) is 2. The van der Waals surface area contributed by atoms with Gasteiger partial charge in [0, 0.05) is 45.8 Å². The third kappa shape index (κ3) is 7.21. The van der Waals surface area contributed by atoms with Crippen LogP contribution in [0.4, 0.5) is 0 Å². The van der Waals surface area contributed by atoms with Crippen molar-refractivity contribution in [2.75, 3.05) is 58.5 Å². The number of nitrogens with one attached hydrogen (secondary N) is 2. The van der Waals surface area contributed by atoms with Crippen LogP contribution in [0.15, 0.2) is 4.99 Å². The Labute approximate surface area is 190 Å². The summed E-state index contributed by atoms with van der Waals surface area (Å²) in [7, 11) is 3.52. The van der Waals surface area contributed by atoms with Crippen LogP contribution in [-0.4, -0.2) is 86.9 Å². The molecule has 2 N–H and O–H groups in total. The molecule has 0 radical (unpaired) electrons. The normalized spacial score (nSPS) is 27.1. The molecule has 0 saturated carbocycles. The molecule has 1 amide bonds. The molecule has 2 unspecified atom stereocenters. The first kappa shape index (κ1) is 24.0. The molecule has 7 nitrogen and oxygen atoms in total. The summed E-state index contributed by atoms with van der Waals surface area (Å²) in [6.07, 6.45) is 5.34. The first-order valence-electron chi connectivity index (χ1n) is 10.1. The Morgan fingerprint density at radius 1 is 1.25 bits per heavy atom. The Kier molecular flexibility index (Phi) is 10.1. The van der Waals surface area contributed by atoms with Crippen molar-refractivity contribution in [2.24, 2.45) is 10.9 Å². The highest BCUT2D eigenvalue weighted by Gasteiger charge is 2.39. The summed E-state index contributed by atoms with van der Waals surface area (Å²) in [4.78, 5) is 18.1. The second kappa shape index (κ2) is 11.8. The van der Waals surface area contributed by atoms with E-state index in [4.69, 9.17) is 9.47 Å². The standard InChI is InChI=1S/C19H34N4O3S.HI/c1-23(2)17(24)13-21-18(20-12-15-3-7-25-14-15)22-16-4-8-26-19(11-16)5-9-27-10-6-19;/h15-16H,3-14H2,1-2H3,(H2,20,21,22);1H. The molecule has 0 aromatic heterocycles. The predicted molar refractivity (Wildman–Crippen MR) is 125 cm³/mol. The number of guanidine groups is 1. The van der Waals surface area contributed by atoms with Crippen LogP contribution in [-0.2, 0) is 14.3 Å². The molecule has 0 aliphatic carbocycles. The van der Waals surface area contributed by atoms with Gasteiger partial charge in [-0.05, 0) is 43.6 Å². The number of rotatable bonds is 5. The van der Waals surface area contributed by atoms with Crippen LogP contribution in [0.25, 0.3) is 0 Å². The van der Waals surface area contributed by atoms with E-state index < -0.39 is 0 Å². The quantitative estimate of drug-likeness (QED) is 0.323. The molecule has 3 aliphatic heterocycles. The summed E-state index contributed by atoms with van der Waals surface area (Å²) in [5.74, 6) is 3.63. The van der Waals surface area contributed by atoms with Crippen molar-refractivity contribution in [3.63, 3.8) is 0 Å². The smallest absolute Gasteiger partial charge is 0.243 e. The van der Waals surface area contributed by atoms with Crippen molar-refractivity contribution in [3.8, 4) is 0 Å². The number of halogens is 1. The molecule has 0 bridgehead atoms. The van der Waals surface area contributed by atoms with E-state index in [1.54, 1.807) is 19.0 Å². The molecule has 3 heterocycles. The van der Waals surface area contributed by atoms with Gasteiger partial charge in [0.25, 0.3) is 0 Å². The number of ether oxygens (including phenoxy) is 2. The summed E-state index contributed by atoms with van der Waals surface area (Å²) >= 11 is 2.02. The van der Waals surface area contributed by atoms with Gasteiger partial charge >= 0.3 is 0 Å². The Morgan fingerprint density at radius 3 is 2.71 bits per heavy atom. The van der Waals surface area contributed by atoms with Gasteiger partial charge in [-0.2, -0.15) is 11.8 Å². The minimum Gasteiger partial charge on any atom is -0.381 e. The zero-order valence-electron chi connectivity index (χ0n) is 17.1. The highest BCUT2D eigenvalue weighted by atomic mass is 127. The van der Waals surface area contributed by atoms with Crippen molar-refractivity contribution in [2.45, 2.75) is 43.7 Å². The van der Waals surface area contributed by atoms with Gasteiger partial charge in [0.2, 0.25) is 5.91 Å². The number of aliphatic imine (C=N–C) groups is 1. The summed E-state index contributed by atoms with van der Waals surface area (Å²) in [6.45, 7) is 3.42. The minimum atomic E-state index is 0. The predicted octanol–water partition coefficient (Wildman–Crippen LogP) is 1.71. The molecule has 3 aliphatic rings. The Bertz CT molecular complexity index is 518. The molecular formula is C19H35IN4O3S. The fourth-order valence-electron chi connectivity index (χ4n) is 3.86. The van der Waals surface area contributed by atoms with Crippen LogP contribution in [0.3, 0.4) is 0 Å². The zero-order valence-corrected chi connectivity index (χ0v) is 20.2. The molecular weight excluding hydrogens is 491 g/mol. The van der Waals surface area contributed by atoms with Crippen molar-refractivity contribution < 1.29 is 14.3 Å². The number of amides is 1. The first-order valence-corrected chi connectivity index (χ1v) is 11.3. The van der Waals surface area contributed by atoms with Gasteiger partial charge in [-0.3, -0.25) is 4.79 Å². The SMILES string of the molecule is CN(C)C(=O)CN=C(NCC1CCOC1)NC1CCOC2(CCSCC2)C1.I. The van der Waals surface area contributed by atoms with Gasteiger partial charge in [-0.25, -0.2) is 4.99 Å². The monoisotopic (exact) mass is 526 g/mol. The fourth-order valence-corrected chi connectivity index (χ4v) is 5.10. The molecule has 2 atom stereocenters. The lowest BCUT2D eigenvalue weighted by Gasteiger charge is -2.43. The Hall–Kier alpha value is -0.260. The first-order chi connectivity index (χ1) is 13.1. The number of carbonyl (C=O) groups excluding carboxylic acids is 1. The average Bonchev–Trinajstić information content (AvgIpc) is 3.18. The number of hydrogen-bond acceptors (Lipinski definition) is 5.